The Labute approximate surface area is 285 Å². The van der Waals surface area contributed by atoms with Gasteiger partial charge in [0.1, 0.15) is 0 Å². The van der Waals surface area contributed by atoms with E-state index in [0.29, 0.717) is 5.92 Å². The van der Waals surface area contributed by atoms with E-state index in [1.54, 1.807) is 0 Å². The minimum absolute atomic E-state index is 0.635. The molecule has 0 atom stereocenters. The molecule has 0 spiro atoms. The fraction of sp³-hybridized carbons (Fsp3) is 0.130. The van der Waals surface area contributed by atoms with E-state index in [0.717, 1.165) is 39.1 Å². The van der Waals surface area contributed by atoms with Gasteiger partial charge in [0.05, 0.1) is 16.6 Å². The Morgan fingerprint density at radius 1 is 0.469 bits per heavy atom. The van der Waals surface area contributed by atoms with E-state index in [4.69, 9.17) is 9.97 Å². The maximum Gasteiger partial charge on any atom is 0.159 e. The molecular weight excluding hydrogens is 595 g/mol. The number of rotatable bonds is 4. The van der Waals surface area contributed by atoms with Crippen LogP contribution in [0.3, 0.4) is 0 Å². The van der Waals surface area contributed by atoms with Crippen molar-refractivity contribution >= 4 is 54.3 Å². The van der Waals surface area contributed by atoms with E-state index in [1.807, 2.05) is 6.20 Å². The van der Waals surface area contributed by atoms with Crippen molar-refractivity contribution in [1.82, 2.24) is 14.5 Å². The third-order valence-electron chi connectivity index (χ3n) is 10.8. The highest BCUT2D eigenvalue weighted by Crippen LogP contribution is 2.39. The normalized spacial score (nSPS) is 14.0. The second kappa shape index (κ2) is 11.4. The number of para-hydroxylation sites is 2. The summed E-state index contributed by atoms with van der Waals surface area (Å²) < 4.78 is 2.38. The van der Waals surface area contributed by atoms with Crippen LogP contribution in [-0.2, 0) is 0 Å². The van der Waals surface area contributed by atoms with E-state index in [9.17, 15) is 0 Å². The number of nitrogens with zero attached hydrogens (tertiary/aromatic N) is 3. The first-order valence-corrected chi connectivity index (χ1v) is 17.6. The van der Waals surface area contributed by atoms with Gasteiger partial charge in [-0.3, -0.25) is 0 Å². The second-order valence-electron chi connectivity index (χ2n) is 13.6. The quantitative estimate of drug-likeness (QED) is 0.181. The van der Waals surface area contributed by atoms with Crippen molar-refractivity contribution in [3.05, 3.63) is 151 Å². The summed E-state index contributed by atoms with van der Waals surface area (Å²) in [6.07, 6.45) is 8.61. The van der Waals surface area contributed by atoms with E-state index in [-0.39, 0.29) is 0 Å². The summed E-state index contributed by atoms with van der Waals surface area (Å²) in [5.74, 6) is 1.39. The Kier molecular flexibility index (Phi) is 6.58. The third kappa shape index (κ3) is 4.64. The van der Waals surface area contributed by atoms with Gasteiger partial charge in [0.2, 0.25) is 0 Å². The standard InChI is InChI=1S/C46H35N3/c1-2-12-30(13-3-1)33-24-25-38-36-18-4-5-19-37(36)42-29-47-46(48-45(42)41(38)28-33)34-16-10-14-31(26-34)32-15-11-17-35(27-32)49-43-22-8-6-20-39(43)40-21-7-9-23-44(40)49/h4-11,14-30H,1-3,12-13H2. The van der Waals surface area contributed by atoms with Crippen molar-refractivity contribution in [2.75, 3.05) is 0 Å². The Hall–Kier alpha value is -5.80. The lowest BCUT2D eigenvalue weighted by Gasteiger charge is -2.22. The summed E-state index contributed by atoms with van der Waals surface area (Å²) in [7, 11) is 0. The molecule has 0 N–H and O–H groups in total. The van der Waals surface area contributed by atoms with Crippen LogP contribution in [0.25, 0.3) is 82.5 Å². The summed E-state index contributed by atoms with van der Waals surface area (Å²) in [6.45, 7) is 0. The molecule has 1 aliphatic carbocycles. The molecule has 0 aliphatic heterocycles. The zero-order valence-corrected chi connectivity index (χ0v) is 27.3. The first kappa shape index (κ1) is 28.2. The molecule has 2 heterocycles. The Balaban J connectivity index is 1.11. The molecule has 0 bridgehead atoms. The van der Waals surface area contributed by atoms with E-state index >= 15 is 0 Å². The Morgan fingerprint density at radius 3 is 1.84 bits per heavy atom. The maximum atomic E-state index is 5.36. The van der Waals surface area contributed by atoms with Gasteiger partial charge in [0.25, 0.3) is 0 Å². The maximum absolute atomic E-state index is 5.36. The molecule has 0 radical (unpaired) electrons. The van der Waals surface area contributed by atoms with Crippen LogP contribution in [-0.4, -0.2) is 14.5 Å². The Morgan fingerprint density at radius 2 is 1.08 bits per heavy atom. The van der Waals surface area contributed by atoms with Crippen LogP contribution in [0.15, 0.2) is 146 Å². The predicted octanol–water partition coefficient (Wildman–Crippen LogP) is 12.4. The van der Waals surface area contributed by atoms with Crippen molar-refractivity contribution in [2.45, 2.75) is 38.0 Å². The minimum atomic E-state index is 0.635. The summed E-state index contributed by atoms with van der Waals surface area (Å²) >= 11 is 0. The SMILES string of the molecule is c1cc(-c2cccc(-n3c4ccccc4c4ccccc43)c2)cc(-c2ncc3c4ccccc4c4ccc(C5CCCCC5)cc4c3n2)c1. The second-order valence-corrected chi connectivity index (χ2v) is 13.6. The highest BCUT2D eigenvalue weighted by Gasteiger charge is 2.19. The molecular formula is C46H35N3. The van der Waals surface area contributed by atoms with Gasteiger partial charge in [-0.05, 0) is 88.0 Å². The van der Waals surface area contributed by atoms with Gasteiger partial charge in [-0.2, -0.15) is 0 Å². The van der Waals surface area contributed by atoms with Gasteiger partial charge in [0.15, 0.2) is 5.82 Å². The smallest absolute Gasteiger partial charge is 0.159 e. The molecule has 0 saturated heterocycles. The van der Waals surface area contributed by atoms with Crippen molar-refractivity contribution in [3.8, 4) is 28.2 Å². The van der Waals surface area contributed by atoms with Crippen molar-refractivity contribution in [3.63, 3.8) is 0 Å². The molecule has 0 unspecified atom stereocenters. The number of aromatic nitrogens is 3. The number of hydrogen-bond acceptors (Lipinski definition) is 2. The highest BCUT2D eigenvalue weighted by atomic mass is 15.0. The van der Waals surface area contributed by atoms with Crippen LogP contribution in [0.1, 0.15) is 43.6 Å². The van der Waals surface area contributed by atoms with Crippen molar-refractivity contribution < 1.29 is 0 Å². The number of benzene rings is 7. The number of fused-ring (bicyclic) bond motifs is 9. The summed E-state index contributed by atoms with van der Waals surface area (Å²) in [6, 6.07) is 50.8. The van der Waals surface area contributed by atoms with Crippen LogP contribution < -0.4 is 0 Å². The average Bonchev–Trinajstić information content (AvgIpc) is 3.52. The zero-order valence-electron chi connectivity index (χ0n) is 27.3. The van der Waals surface area contributed by atoms with Gasteiger partial charge >= 0.3 is 0 Å². The molecule has 1 fully saturated rings. The van der Waals surface area contributed by atoms with Crippen molar-refractivity contribution in [2.24, 2.45) is 0 Å². The zero-order chi connectivity index (χ0) is 32.3. The molecule has 2 aromatic heterocycles. The molecule has 49 heavy (non-hydrogen) atoms. The van der Waals surface area contributed by atoms with Gasteiger partial charge < -0.3 is 4.57 Å². The van der Waals surface area contributed by atoms with Gasteiger partial charge in [-0.15, -0.1) is 0 Å². The largest absolute Gasteiger partial charge is 0.309 e. The van der Waals surface area contributed by atoms with Crippen LogP contribution in [0.2, 0.25) is 0 Å². The van der Waals surface area contributed by atoms with E-state index in [2.05, 4.69) is 144 Å². The first-order valence-electron chi connectivity index (χ1n) is 17.6. The first-order chi connectivity index (χ1) is 24.3. The molecule has 0 amide bonds. The molecule has 7 aromatic carbocycles. The average molecular weight is 630 g/mol. The van der Waals surface area contributed by atoms with Crippen LogP contribution >= 0.6 is 0 Å². The van der Waals surface area contributed by atoms with Gasteiger partial charge in [-0.1, -0.05) is 122 Å². The molecule has 3 heteroatoms. The molecule has 234 valence electrons. The lowest BCUT2D eigenvalue weighted by molar-refractivity contribution is 0.444. The lowest BCUT2D eigenvalue weighted by Crippen LogP contribution is -2.04. The van der Waals surface area contributed by atoms with E-state index in [1.165, 1.54) is 81.0 Å². The van der Waals surface area contributed by atoms with Crippen LogP contribution in [0, 0.1) is 0 Å². The predicted molar refractivity (Wildman–Crippen MR) is 206 cm³/mol. The molecule has 3 nitrogen and oxygen atoms in total. The van der Waals surface area contributed by atoms with Gasteiger partial charge in [0, 0.05) is 39.0 Å². The fourth-order valence-corrected chi connectivity index (χ4v) is 8.42. The fourth-order valence-electron chi connectivity index (χ4n) is 8.42. The lowest BCUT2D eigenvalue weighted by atomic mass is 9.83. The number of hydrogen-bond donors (Lipinski definition) is 0. The molecule has 1 aliphatic rings. The van der Waals surface area contributed by atoms with Crippen molar-refractivity contribution in [1.29, 1.82) is 0 Å². The summed E-state index contributed by atoms with van der Waals surface area (Å²) in [5, 5.41) is 8.62. The topological polar surface area (TPSA) is 30.7 Å². The van der Waals surface area contributed by atoms with Gasteiger partial charge in [-0.25, -0.2) is 9.97 Å². The molecule has 1 saturated carbocycles. The monoisotopic (exact) mass is 629 g/mol. The Bertz CT molecular complexity index is 2660. The minimum Gasteiger partial charge on any atom is -0.309 e. The van der Waals surface area contributed by atoms with Crippen LogP contribution in [0.4, 0.5) is 0 Å². The summed E-state index contributed by atoms with van der Waals surface area (Å²) in [5.41, 5.74) is 9.39. The van der Waals surface area contributed by atoms with Crippen LogP contribution in [0.5, 0.6) is 0 Å². The molecule has 10 rings (SSSR count). The highest BCUT2D eigenvalue weighted by molar-refractivity contribution is 6.24. The third-order valence-corrected chi connectivity index (χ3v) is 10.8. The van der Waals surface area contributed by atoms with E-state index < -0.39 is 0 Å². The molecule has 9 aromatic rings. The summed E-state index contributed by atoms with van der Waals surface area (Å²) in [4.78, 5) is 10.3.